The van der Waals surface area contributed by atoms with Crippen LogP contribution in [0.4, 0.5) is 5.69 Å². The minimum absolute atomic E-state index is 0.149. The molecular weight excluding hydrogens is 431 g/mol. The van der Waals surface area contributed by atoms with Gasteiger partial charge >= 0.3 is 0 Å². The van der Waals surface area contributed by atoms with Crippen LogP contribution in [-0.2, 0) is 20.6 Å². The van der Waals surface area contributed by atoms with E-state index in [2.05, 4.69) is 5.32 Å². The molecule has 0 spiro atoms. The highest BCUT2D eigenvalue weighted by Gasteiger charge is 2.32. The molecule has 29 heavy (non-hydrogen) atoms. The predicted octanol–water partition coefficient (Wildman–Crippen LogP) is 4.79. The van der Waals surface area contributed by atoms with E-state index in [-0.39, 0.29) is 24.1 Å². The van der Waals surface area contributed by atoms with Crippen molar-refractivity contribution in [2.45, 2.75) is 32.4 Å². The standard InChI is InChI=1S/C21H24Cl2N2O3S/c1-14-8-15(2)10-18(9-14)24-21(26)17-4-3-7-25(12-17)29(27,28)13-16-5-6-19(22)20(23)11-16/h5-6,8-11,17H,3-4,7,12-13H2,1-2H3,(H,24,26). The Kier molecular flexibility index (Phi) is 6.89. The third-order valence-electron chi connectivity index (χ3n) is 4.97. The second kappa shape index (κ2) is 9.04. The minimum Gasteiger partial charge on any atom is -0.326 e. The first-order valence-electron chi connectivity index (χ1n) is 9.45. The number of carbonyl (C=O) groups is 1. The number of amides is 1. The van der Waals surface area contributed by atoms with E-state index in [0.29, 0.717) is 35.0 Å². The van der Waals surface area contributed by atoms with E-state index in [9.17, 15) is 13.2 Å². The molecule has 2 aromatic rings. The summed E-state index contributed by atoms with van der Waals surface area (Å²) in [6.45, 7) is 4.54. The fourth-order valence-electron chi connectivity index (χ4n) is 3.63. The summed E-state index contributed by atoms with van der Waals surface area (Å²) >= 11 is 11.9. The fourth-order valence-corrected chi connectivity index (χ4v) is 5.55. The summed E-state index contributed by atoms with van der Waals surface area (Å²) in [5.74, 6) is -0.701. The monoisotopic (exact) mass is 454 g/mol. The number of aryl methyl sites for hydroxylation is 2. The second-order valence-electron chi connectivity index (χ2n) is 7.57. The maximum Gasteiger partial charge on any atom is 0.228 e. The van der Waals surface area contributed by atoms with Gasteiger partial charge in [-0.2, -0.15) is 0 Å². The molecule has 1 saturated heterocycles. The number of piperidine rings is 1. The Morgan fingerprint density at radius 1 is 1.10 bits per heavy atom. The summed E-state index contributed by atoms with van der Waals surface area (Å²) in [7, 11) is -3.57. The molecule has 0 aliphatic carbocycles. The molecule has 1 aliphatic rings. The van der Waals surface area contributed by atoms with Crippen molar-refractivity contribution in [2.24, 2.45) is 5.92 Å². The third kappa shape index (κ3) is 5.72. The van der Waals surface area contributed by atoms with Crippen molar-refractivity contribution in [2.75, 3.05) is 18.4 Å². The molecule has 8 heteroatoms. The van der Waals surface area contributed by atoms with Gasteiger partial charge in [-0.3, -0.25) is 4.79 Å². The van der Waals surface area contributed by atoms with Crippen molar-refractivity contribution in [1.82, 2.24) is 4.31 Å². The number of benzene rings is 2. The molecule has 0 bridgehead atoms. The van der Waals surface area contributed by atoms with E-state index < -0.39 is 10.0 Å². The van der Waals surface area contributed by atoms with Crippen LogP contribution in [0.25, 0.3) is 0 Å². The first-order valence-corrected chi connectivity index (χ1v) is 11.8. The van der Waals surface area contributed by atoms with E-state index in [0.717, 1.165) is 16.8 Å². The molecule has 0 saturated carbocycles. The number of anilines is 1. The molecule has 1 aliphatic heterocycles. The Morgan fingerprint density at radius 2 is 1.79 bits per heavy atom. The van der Waals surface area contributed by atoms with Gasteiger partial charge in [-0.15, -0.1) is 0 Å². The van der Waals surface area contributed by atoms with Crippen LogP contribution in [-0.4, -0.2) is 31.7 Å². The van der Waals surface area contributed by atoms with Crippen LogP contribution in [0.1, 0.15) is 29.5 Å². The normalized spacial score (nSPS) is 17.9. The Morgan fingerprint density at radius 3 is 2.45 bits per heavy atom. The largest absolute Gasteiger partial charge is 0.326 e. The number of nitrogens with one attached hydrogen (secondary N) is 1. The van der Waals surface area contributed by atoms with Gasteiger partial charge in [-0.25, -0.2) is 12.7 Å². The summed E-state index contributed by atoms with van der Waals surface area (Å²) in [6, 6.07) is 10.7. The van der Waals surface area contributed by atoms with E-state index in [1.54, 1.807) is 18.2 Å². The van der Waals surface area contributed by atoms with E-state index in [4.69, 9.17) is 23.2 Å². The maximum absolute atomic E-state index is 12.9. The Hall–Kier alpha value is -1.60. The van der Waals surface area contributed by atoms with Crippen LogP contribution in [0.3, 0.4) is 0 Å². The number of hydrogen-bond donors (Lipinski definition) is 1. The number of rotatable bonds is 5. The van der Waals surface area contributed by atoms with Gasteiger partial charge in [0.05, 0.1) is 21.7 Å². The molecule has 1 amide bonds. The van der Waals surface area contributed by atoms with Gasteiger partial charge in [-0.05, 0) is 67.6 Å². The molecule has 1 N–H and O–H groups in total. The summed E-state index contributed by atoms with van der Waals surface area (Å²) in [4.78, 5) is 12.7. The van der Waals surface area contributed by atoms with Crippen LogP contribution in [0.2, 0.25) is 10.0 Å². The van der Waals surface area contributed by atoms with Gasteiger partial charge in [0, 0.05) is 18.8 Å². The van der Waals surface area contributed by atoms with Crippen LogP contribution in [0.5, 0.6) is 0 Å². The Balaban J connectivity index is 1.68. The van der Waals surface area contributed by atoms with Gasteiger partial charge in [0.2, 0.25) is 15.9 Å². The number of halogens is 2. The van der Waals surface area contributed by atoms with Gasteiger partial charge in [0.15, 0.2) is 0 Å². The van der Waals surface area contributed by atoms with E-state index in [1.807, 2.05) is 32.0 Å². The molecule has 1 unspecified atom stereocenters. The highest BCUT2D eigenvalue weighted by atomic mass is 35.5. The van der Waals surface area contributed by atoms with Gasteiger partial charge in [0.25, 0.3) is 0 Å². The summed E-state index contributed by atoms with van der Waals surface area (Å²) in [6.07, 6.45) is 1.31. The second-order valence-corrected chi connectivity index (χ2v) is 10.4. The quantitative estimate of drug-likeness (QED) is 0.705. The smallest absolute Gasteiger partial charge is 0.228 e. The van der Waals surface area contributed by atoms with E-state index >= 15 is 0 Å². The number of sulfonamides is 1. The van der Waals surface area contributed by atoms with Crippen molar-refractivity contribution in [3.63, 3.8) is 0 Å². The molecule has 0 radical (unpaired) electrons. The zero-order chi connectivity index (χ0) is 21.2. The lowest BCUT2D eigenvalue weighted by Gasteiger charge is -2.31. The molecule has 0 aromatic heterocycles. The maximum atomic E-state index is 12.9. The first kappa shape index (κ1) is 22.1. The lowest BCUT2D eigenvalue weighted by Crippen LogP contribution is -2.44. The van der Waals surface area contributed by atoms with Crippen molar-refractivity contribution in [3.05, 3.63) is 63.1 Å². The predicted molar refractivity (Wildman–Crippen MR) is 118 cm³/mol. The molecule has 1 heterocycles. The number of carbonyl (C=O) groups excluding carboxylic acids is 1. The van der Waals surface area contributed by atoms with Crippen molar-refractivity contribution < 1.29 is 13.2 Å². The third-order valence-corrected chi connectivity index (χ3v) is 7.53. The summed E-state index contributed by atoms with van der Waals surface area (Å²) < 4.78 is 27.2. The molecule has 5 nitrogen and oxygen atoms in total. The number of hydrogen-bond acceptors (Lipinski definition) is 3. The molecule has 3 rings (SSSR count). The Bertz CT molecular complexity index is 1000. The number of nitrogens with zero attached hydrogens (tertiary/aromatic N) is 1. The van der Waals surface area contributed by atoms with Crippen LogP contribution in [0, 0.1) is 19.8 Å². The Labute approximate surface area is 182 Å². The van der Waals surface area contributed by atoms with Gasteiger partial charge in [-0.1, -0.05) is 35.3 Å². The fraction of sp³-hybridized carbons (Fsp3) is 0.381. The molecular formula is C21H24Cl2N2O3S. The lowest BCUT2D eigenvalue weighted by molar-refractivity contribution is -0.120. The van der Waals surface area contributed by atoms with Gasteiger partial charge < -0.3 is 5.32 Å². The van der Waals surface area contributed by atoms with Crippen LogP contribution < -0.4 is 5.32 Å². The average Bonchev–Trinajstić information content (AvgIpc) is 2.64. The van der Waals surface area contributed by atoms with Crippen molar-refractivity contribution in [1.29, 1.82) is 0 Å². The SMILES string of the molecule is Cc1cc(C)cc(NC(=O)C2CCCN(S(=O)(=O)Cc3ccc(Cl)c(Cl)c3)C2)c1. The highest BCUT2D eigenvalue weighted by molar-refractivity contribution is 7.88. The topological polar surface area (TPSA) is 66.5 Å². The zero-order valence-corrected chi connectivity index (χ0v) is 18.7. The van der Waals surface area contributed by atoms with Crippen molar-refractivity contribution >= 4 is 44.8 Å². The molecule has 2 aromatic carbocycles. The van der Waals surface area contributed by atoms with E-state index in [1.165, 1.54) is 4.31 Å². The average molecular weight is 455 g/mol. The molecule has 156 valence electrons. The van der Waals surface area contributed by atoms with Crippen LogP contribution in [0.15, 0.2) is 36.4 Å². The first-order chi connectivity index (χ1) is 13.6. The van der Waals surface area contributed by atoms with Crippen molar-refractivity contribution in [3.8, 4) is 0 Å². The van der Waals surface area contributed by atoms with Crippen LogP contribution >= 0.6 is 23.2 Å². The highest BCUT2D eigenvalue weighted by Crippen LogP contribution is 2.26. The van der Waals surface area contributed by atoms with Gasteiger partial charge in [0.1, 0.15) is 0 Å². The zero-order valence-electron chi connectivity index (χ0n) is 16.4. The minimum atomic E-state index is -3.57. The molecule has 1 fully saturated rings. The molecule has 1 atom stereocenters. The lowest BCUT2D eigenvalue weighted by atomic mass is 9.98. The summed E-state index contributed by atoms with van der Waals surface area (Å²) in [5, 5.41) is 3.64. The summed E-state index contributed by atoms with van der Waals surface area (Å²) in [5.41, 5.74) is 3.44.